The lowest BCUT2D eigenvalue weighted by atomic mass is 10.2. The van der Waals surface area contributed by atoms with Crippen molar-refractivity contribution in [2.75, 3.05) is 18.1 Å². The Morgan fingerprint density at radius 1 is 1.33 bits per heavy atom. The Morgan fingerprint density at radius 2 is 2.06 bits per heavy atom. The topological polar surface area (TPSA) is 81.4 Å². The summed E-state index contributed by atoms with van der Waals surface area (Å²) in [6.07, 6.45) is 1.61. The molecule has 0 amide bonds. The van der Waals surface area contributed by atoms with Gasteiger partial charge in [0.05, 0.1) is 11.9 Å². The molecular weight excluding hydrogens is 252 g/mol. The van der Waals surface area contributed by atoms with Gasteiger partial charge < -0.3 is 10.5 Å². The summed E-state index contributed by atoms with van der Waals surface area (Å²) in [6, 6.07) is 7.13. The molecule has 0 saturated carbocycles. The Hall–Kier alpha value is -1.11. The van der Waals surface area contributed by atoms with E-state index in [-0.39, 0.29) is 18.4 Å². The average Bonchev–Trinajstić information content (AvgIpc) is 2.80. The van der Waals surface area contributed by atoms with E-state index in [9.17, 15) is 8.42 Å². The zero-order valence-electron chi connectivity index (χ0n) is 10.1. The van der Waals surface area contributed by atoms with Crippen LogP contribution in [0.3, 0.4) is 0 Å². The van der Waals surface area contributed by atoms with Crippen LogP contribution in [-0.4, -0.2) is 26.9 Å². The number of ether oxygens (including phenoxy) is 1. The molecule has 1 aromatic rings. The number of rotatable bonds is 5. The van der Waals surface area contributed by atoms with E-state index in [2.05, 4.69) is 4.72 Å². The summed E-state index contributed by atoms with van der Waals surface area (Å²) in [5.74, 6) is 0.0436. The maximum atomic E-state index is 11.8. The average molecular weight is 270 g/mol. The molecule has 1 aliphatic heterocycles. The first-order valence-electron chi connectivity index (χ1n) is 5.98. The van der Waals surface area contributed by atoms with Crippen LogP contribution in [0.4, 0.5) is 5.69 Å². The number of sulfonamides is 1. The smallest absolute Gasteiger partial charge is 0.214 e. The van der Waals surface area contributed by atoms with Crippen molar-refractivity contribution in [3.05, 3.63) is 29.8 Å². The van der Waals surface area contributed by atoms with Crippen LogP contribution in [0.25, 0.3) is 0 Å². The van der Waals surface area contributed by atoms with Crippen LogP contribution in [0.15, 0.2) is 24.3 Å². The molecule has 0 bridgehead atoms. The van der Waals surface area contributed by atoms with E-state index >= 15 is 0 Å². The summed E-state index contributed by atoms with van der Waals surface area (Å²) >= 11 is 0. The highest BCUT2D eigenvalue weighted by Gasteiger charge is 2.22. The zero-order valence-corrected chi connectivity index (χ0v) is 10.9. The van der Waals surface area contributed by atoms with Gasteiger partial charge >= 0.3 is 0 Å². The molecule has 3 N–H and O–H groups in total. The molecule has 2 rings (SSSR count). The van der Waals surface area contributed by atoms with Crippen LogP contribution >= 0.6 is 0 Å². The summed E-state index contributed by atoms with van der Waals surface area (Å²) in [6.45, 7) is 0.952. The molecule has 1 heterocycles. The Morgan fingerprint density at radius 3 is 2.67 bits per heavy atom. The molecule has 0 aliphatic carbocycles. The molecule has 0 aromatic heterocycles. The van der Waals surface area contributed by atoms with E-state index in [4.69, 9.17) is 10.5 Å². The molecule has 18 heavy (non-hydrogen) atoms. The first-order valence-corrected chi connectivity index (χ1v) is 7.64. The summed E-state index contributed by atoms with van der Waals surface area (Å²) in [4.78, 5) is 0. The van der Waals surface area contributed by atoms with Gasteiger partial charge in [-0.05, 0) is 30.5 Å². The SMILES string of the molecule is Nc1ccc(CNS(=O)(=O)CC2CCCO2)cc1. The molecule has 1 aromatic carbocycles. The number of nitrogens with one attached hydrogen (secondary N) is 1. The normalized spacial score (nSPS) is 20.1. The lowest BCUT2D eigenvalue weighted by molar-refractivity contribution is 0.127. The van der Waals surface area contributed by atoms with Crippen molar-refractivity contribution in [2.45, 2.75) is 25.5 Å². The van der Waals surface area contributed by atoms with Crippen LogP contribution in [0.2, 0.25) is 0 Å². The van der Waals surface area contributed by atoms with Gasteiger partial charge in [-0.1, -0.05) is 12.1 Å². The maximum Gasteiger partial charge on any atom is 0.214 e. The Kier molecular flexibility index (Phi) is 4.21. The van der Waals surface area contributed by atoms with Gasteiger partial charge in [-0.2, -0.15) is 0 Å². The van der Waals surface area contributed by atoms with Crippen LogP contribution < -0.4 is 10.5 Å². The summed E-state index contributed by atoms with van der Waals surface area (Å²) in [5, 5.41) is 0. The van der Waals surface area contributed by atoms with Crippen molar-refractivity contribution < 1.29 is 13.2 Å². The third-order valence-corrected chi connectivity index (χ3v) is 4.30. The molecule has 1 unspecified atom stereocenters. The van der Waals surface area contributed by atoms with E-state index < -0.39 is 10.0 Å². The summed E-state index contributed by atoms with van der Waals surface area (Å²) in [7, 11) is -3.28. The highest BCUT2D eigenvalue weighted by Crippen LogP contribution is 2.13. The van der Waals surface area contributed by atoms with E-state index in [1.54, 1.807) is 12.1 Å². The molecular formula is C12H18N2O3S. The van der Waals surface area contributed by atoms with Crippen LogP contribution in [0, 0.1) is 0 Å². The highest BCUT2D eigenvalue weighted by molar-refractivity contribution is 7.89. The van der Waals surface area contributed by atoms with Gasteiger partial charge in [0.1, 0.15) is 0 Å². The third kappa shape index (κ3) is 3.97. The second-order valence-corrected chi connectivity index (χ2v) is 6.33. The zero-order chi connectivity index (χ0) is 13.0. The minimum atomic E-state index is -3.28. The molecule has 0 radical (unpaired) electrons. The molecule has 1 fully saturated rings. The maximum absolute atomic E-state index is 11.8. The monoisotopic (exact) mass is 270 g/mol. The second kappa shape index (κ2) is 5.69. The minimum Gasteiger partial charge on any atom is -0.399 e. The number of anilines is 1. The molecule has 6 heteroatoms. The largest absolute Gasteiger partial charge is 0.399 e. The minimum absolute atomic E-state index is 0.0436. The third-order valence-electron chi connectivity index (χ3n) is 2.91. The number of hydrogen-bond donors (Lipinski definition) is 2. The fourth-order valence-electron chi connectivity index (χ4n) is 1.91. The van der Waals surface area contributed by atoms with Gasteiger partial charge in [0.15, 0.2) is 0 Å². The molecule has 1 aliphatic rings. The first-order chi connectivity index (χ1) is 8.55. The van der Waals surface area contributed by atoms with Gasteiger partial charge in [0, 0.05) is 18.8 Å². The molecule has 1 saturated heterocycles. The van der Waals surface area contributed by atoms with Crippen molar-refractivity contribution in [3.63, 3.8) is 0 Å². The van der Waals surface area contributed by atoms with Gasteiger partial charge in [-0.25, -0.2) is 13.1 Å². The second-order valence-electron chi connectivity index (χ2n) is 4.48. The fourth-order valence-corrected chi connectivity index (χ4v) is 3.16. The number of hydrogen-bond acceptors (Lipinski definition) is 4. The summed E-state index contributed by atoms with van der Waals surface area (Å²) in [5.41, 5.74) is 7.12. The van der Waals surface area contributed by atoms with E-state index in [1.807, 2.05) is 12.1 Å². The van der Waals surface area contributed by atoms with E-state index in [0.29, 0.717) is 12.3 Å². The fraction of sp³-hybridized carbons (Fsp3) is 0.500. The van der Waals surface area contributed by atoms with Crippen molar-refractivity contribution in [3.8, 4) is 0 Å². The van der Waals surface area contributed by atoms with Crippen LogP contribution in [-0.2, 0) is 21.3 Å². The van der Waals surface area contributed by atoms with Crippen LogP contribution in [0.5, 0.6) is 0 Å². The molecule has 100 valence electrons. The molecule has 5 nitrogen and oxygen atoms in total. The van der Waals surface area contributed by atoms with Crippen molar-refractivity contribution in [2.24, 2.45) is 0 Å². The van der Waals surface area contributed by atoms with Gasteiger partial charge in [-0.15, -0.1) is 0 Å². The lowest BCUT2D eigenvalue weighted by Gasteiger charge is -2.11. The standard InChI is InChI=1S/C12H18N2O3S/c13-11-5-3-10(4-6-11)8-14-18(15,16)9-12-2-1-7-17-12/h3-6,12,14H,1-2,7-9,13H2. The predicted octanol–water partition coefficient (Wildman–Crippen LogP) is 0.867. The highest BCUT2D eigenvalue weighted by atomic mass is 32.2. The lowest BCUT2D eigenvalue weighted by Crippen LogP contribution is -2.31. The molecule has 1 atom stereocenters. The summed E-state index contributed by atoms with van der Waals surface area (Å²) < 4.78 is 31.5. The number of benzene rings is 1. The van der Waals surface area contributed by atoms with Gasteiger partial charge in [-0.3, -0.25) is 0 Å². The predicted molar refractivity (Wildman–Crippen MR) is 70.5 cm³/mol. The van der Waals surface area contributed by atoms with Crippen molar-refractivity contribution >= 4 is 15.7 Å². The van der Waals surface area contributed by atoms with E-state index in [1.165, 1.54) is 0 Å². The van der Waals surface area contributed by atoms with Crippen LogP contribution in [0.1, 0.15) is 18.4 Å². The van der Waals surface area contributed by atoms with E-state index in [0.717, 1.165) is 18.4 Å². The Labute approximate surface area is 107 Å². The quantitative estimate of drug-likeness (QED) is 0.778. The number of nitrogens with two attached hydrogens (primary N) is 1. The van der Waals surface area contributed by atoms with Gasteiger partial charge in [0.25, 0.3) is 0 Å². The number of nitrogen functional groups attached to an aromatic ring is 1. The van der Waals surface area contributed by atoms with Crippen molar-refractivity contribution in [1.82, 2.24) is 4.72 Å². The van der Waals surface area contributed by atoms with Crippen molar-refractivity contribution in [1.29, 1.82) is 0 Å². The van der Waals surface area contributed by atoms with Gasteiger partial charge in [0.2, 0.25) is 10.0 Å². The Balaban J connectivity index is 1.86. The Bertz CT molecular complexity index is 479. The first kappa shape index (κ1) is 13.3. The molecule has 0 spiro atoms.